The second-order valence-electron chi connectivity index (χ2n) is 4.06. The lowest BCUT2D eigenvalue weighted by Gasteiger charge is -2.20. The highest BCUT2D eigenvalue weighted by Gasteiger charge is 2.35. The topological polar surface area (TPSA) is 72.4 Å². The molecule has 1 aliphatic rings. The van der Waals surface area contributed by atoms with E-state index < -0.39 is 0 Å². The maximum atomic E-state index is 12.2. The summed E-state index contributed by atoms with van der Waals surface area (Å²) in [6, 6.07) is 0.129. The van der Waals surface area contributed by atoms with Gasteiger partial charge in [-0.3, -0.25) is 14.6 Å². The monoisotopic (exact) mass is 249 g/mol. The van der Waals surface area contributed by atoms with Crippen molar-refractivity contribution in [3.8, 4) is 0 Å². The van der Waals surface area contributed by atoms with E-state index in [0.29, 0.717) is 6.61 Å². The molecule has 1 heterocycles. The smallest absolute Gasteiger partial charge is 0.325 e. The normalized spacial score (nSPS) is 14.1. The van der Waals surface area contributed by atoms with Crippen molar-refractivity contribution in [3.63, 3.8) is 0 Å². The average molecular weight is 249 g/mol. The molecule has 18 heavy (non-hydrogen) atoms. The molecule has 1 aromatic rings. The molecule has 0 bridgehead atoms. The molecule has 0 unspecified atom stereocenters. The van der Waals surface area contributed by atoms with E-state index in [1.54, 1.807) is 6.92 Å². The number of ether oxygens (including phenoxy) is 1. The summed E-state index contributed by atoms with van der Waals surface area (Å²) in [4.78, 5) is 33.0. The van der Waals surface area contributed by atoms with E-state index in [9.17, 15) is 9.59 Å². The molecule has 0 N–H and O–H groups in total. The molecule has 96 valence electrons. The molecule has 6 heteroatoms. The quantitative estimate of drug-likeness (QED) is 0.716. The van der Waals surface area contributed by atoms with Crippen molar-refractivity contribution in [1.82, 2.24) is 14.9 Å². The van der Waals surface area contributed by atoms with E-state index in [0.717, 1.165) is 12.8 Å². The summed E-state index contributed by atoms with van der Waals surface area (Å²) < 4.78 is 4.87. The van der Waals surface area contributed by atoms with Crippen LogP contribution >= 0.6 is 0 Å². The molecule has 0 spiro atoms. The van der Waals surface area contributed by atoms with Gasteiger partial charge in [0.2, 0.25) is 0 Å². The predicted molar refractivity (Wildman–Crippen MR) is 62.7 cm³/mol. The highest BCUT2D eigenvalue weighted by Crippen LogP contribution is 2.27. The number of hydrogen-bond acceptors (Lipinski definition) is 5. The van der Waals surface area contributed by atoms with Crippen molar-refractivity contribution in [2.75, 3.05) is 13.2 Å². The lowest BCUT2D eigenvalue weighted by Crippen LogP contribution is -2.38. The molecule has 0 aliphatic heterocycles. The number of hydrogen-bond donors (Lipinski definition) is 0. The second kappa shape index (κ2) is 5.57. The van der Waals surface area contributed by atoms with Gasteiger partial charge in [0.1, 0.15) is 12.2 Å². The first-order valence-electron chi connectivity index (χ1n) is 5.95. The minimum atomic E-state index is -0.387. The first kappa shape index (κ1) is 12.5. The third kappa shape index (κ3) is 3.03. The van der Waals surface area contributed by atoms with E-state index in [4.69, 9.17) is 4.74 Å². The zero-order chi connectivity index (χ0) is 13.0. The van der Waals surface area contributed by atoms with Gasteiger partial charge in [-0.15, -0.1) is 0 Å². The van der Waals surface area contributed by atoms with Gasteiger partial charge in [-0.25, -0.2) is 4.98 Å². The fraction of sp³-hybridized carbons (Fsp3) is 0.500. The summed E-state index contributed by atoms with van der Waals surface area (Å²) in [7, 11) is 0. The molecule has 0 aromatic carbocycles. The molecule has 1 fully saturated rings. The van der Waals surface area contributed by atoms with Gasteiger partial charge in [0.25, 0.3) is 5.91 Å². The van der Waals surface area contributed by atoms with Crippen LogP contribution < -0.4 is 0 Å². The van der Waals surface area contributed by atoms with Gasteiger partial charge in [-0.2, -0.15) is 0 Å². The third-order valence-electron chi connectivity index (χ3n) is 2.64. The summed E-state index contributed by atoms with van der Waals surface area (Å²) in [6.07, 6.45) is 6.21. The zero-order valence-corrected chi connectivity index (χ0v) is 10.2. The van der Waals surface area contributed by atoms with Gasteiger partial charge >= 0.3 is 5.97 Å². The molecule has 6 nitrogen and oxygen atoms in total. The van der Waals surface area contributed by atoms with Gasteiger partial charge in [0.05, 0.1) is 12.8 Å². The number of carbonyl (C=O) groups excluding carboxylic acids is 2. The fourth-order valence-electron chi connectivity index (χ4n) is 1.66. The Kier molecular flexibility index (Phi) is 3.86. The summed E-state index contributed by atoms with van der Waals surface area (Å²) >= 11 is 0. The highest BCUT2D eigenvalue weighted by molar-refractivity contribution is 5.94. The van der Waals surface area contributed by atoms with Gasteiger partial charge in [0.15, 0.2) is 0 Å². The molecule has 0 saturated heterocycles. The van der Waals surface area contributed by atoms with Crippen LogP contribution in [0.5, 0.6) is 0 Å². The number of nitrogens with zero attached hydrogens (tertiary/aromatic N) is 3. The van der Waals surface area contributed by atoms with Gasteiger partial charge < -0.3 is 9.64 Å². The van der Waals surface area contributed by atoms with Crippen LogP contribution in [0.3, 0.4) is 0 Å². The van der Waals surface area contributed by atoms with Gasteiger partial charge in [0, 0.05) is 18.4 Å². The van der Waals surface area contributed by atoms with Crippen LogP contribution in [0, 0.1) is 0 Å². The van der Waals surface area contributed by atoms with Crippen LogP contribution in [-0.4, -0.2) is 45.9 Å². The number of amides is 1. The van der Waals surface area contributed by atoms with Crippen molar-refractivity contribution in [3.05, 3.63) is 24.3 Å². The van der Waals surface area contributed by atoms with Crippen molar-refractivity contribution in [2.45, 2.75) is 25.8 Å². The van der Waals surface area contributed by atoms with Crippen LogP contribution in [0.15, 0.2) is 18.6 Å². The van der Waals surface area contributed by atoms with Crippen molar-refractivity contribution in [1.29, 1.82) is 0 Å². The molecule has 1 aromatic heterocycles. The summed E-state index contributed by atoms with van der Waals surface area (Å²) in [6.45, 7) is 2.04. The van der Waals surface area contributed by atoms with Crippen molar-refractivity contribution in [2.24, 2.45) is 0 Å². The van der Waals surface area contributed by atoms with Crippen molar-refractivity contribution >= 4 is 11.9 Å². The Hall–Kier alpha value is -1.98. The SMILES string of the molecule is CCOC(=O)CN(C(=O)c1cnccn1)C1CC1. The standard InChI is InChI=1S/C12H15N3O3/c1-2-18-11(16)8-15(9-3-4-9)12(17)10-7-13-5-6-14-10/h5-7,9H,2-4,8H2,1H3. The second-order valence-corrected chi connectivity index (χ2v) is 4.06. The first-order chi connectivity index (χ1) is 8.72. The van der Waals surface area contributed by atoms with E-state index in [2.05, 4.69) is 9.97 Å². The minimum absolute atomic E-state index is 0.0199. The Labute approximate surface area is 105 Å². The third-order valence-corrected chi connectivity index (χ3v) is 2.64. The number of aromatic nitrogens is 2. The summed E-state index contributed by atoms with van der Waals surface area (Å²) in [5.41, 5.74) is 0.258. The largest absolute Gasteiger partial charge is 0.465 e. The molecule has 1 aliphatic carbocycles. The van der Waals surface area contributed by atoms with Crippen LogP contribution in [0.4, 0.5) is 0 Å². The average Bonchev–Trinajstić information content (AvgIpc) is 3.21. The summed E-state index contributed by atoms with van der Waals surface area (Å²) in [5, 5.41) is 0. The van der Waals surface area contributed by atoms with Gasteiger partial charge in [-0.05, 0) is 19.8 Å². The Bertz CT molecular complexity index is 431. The fourth-order valence-corrected chi connectivity index (χ4v) is 1.66. The lowest BCUT2D eigenvalue weighted by atomic mass is 10.3. The van der Waals surface area contributed by atoms with E-state index in [1.165, 1.54) is 23.5 Å². The molecule has 0 atom stereocenters. The van der Waals surface area contributed by atoms with Crippen LogP contribution in [0.25, 0.3) is 0 Å². The maximum Gasteiger partial charge on any atom is 0.325 e. The van der Waals surface area contributed by atoms with E-state index in [-0.39, 0.29) is 30.2 Å². The highest BCUT2D eigenvalue weighted by atomic mass is 16.5. The molecule has 0 radical (unpaired) electrons. The number of rotatable bonds is 5. The van der Waals surface area contributed by atoms with Crippen LogP contribution in [-0.2, 0) is 9.53 Å². The Morgan fingerprint density at radius 1 is 1.44 bits per heavy atom. The molecule has 1 saturated carbocycles. The van der Waals surface area contributed by atoms with Crippen molar-refractivity contribution < 1.29 is 14.3 Å². The molecular formula is C12H15N3O3. The molecular weight excluding hydrogens is 234 g/mol. The number of esters is 1. The van der Waals surface area contributed by atoms with E-state index in [1.807, 2.05) is 0 Å². The maximum absolute atomic E-state index is 12.2. The summed E-state index contributed by atoms with van der Waals surface area (Å²) in [5.74, 6) is -0.653. The Morgan fingerprint density at radius 3 is 2.78 bits per heavy atom. The van der Waals surface area contributed by atoms with E-state index >= 15 is 0 Å². The van der Waals surface area contributed by atoms with Gasteiger partial charge in [-0.1, -0.05) is 0 Å². The first-order valence-corrected chi connectivity index (χ1v) is 5.95. The Morgan fingerprint density at radius 2 is 2.22 bits per heavy atom. The Balaban J connectivity index is 2.06. The predicted octanol–water partition coefficient (Wildman–Crippen LogP) is 0.644. The lowest BCUT2D eigenvalue weighted by molar-refractivity contribution is -0.144. The molecule has 2 rings (SSSR count). The number of carbonyl (C=O) groups is 2. The molecule has 1 amide bonds. The zero-order valence-electron chi connectivity index (χ0n) is 10.2. The van der Waals surface area contributed by atoms with Crippen LogP contribution in [0.1, 0.15) is 30.3 Å². The minimum Gasteiger partial charge on any atom is -0.465 e. The van der Waals surface area contributed by atoms with Crippen LogP contribution in [0.2, 0.25) is 0 Å².